The Balaban J connectivity index is 2.56. The van der Waals surface area contributed by atoms with E-state index in [1.807, 2.05) is 19.1 Å². The number of nitrogens with zero attached hydrogens (tertiary/aromatic N) is 3. The van der Waals surface area contributed by atoms with Crippen molar-refractivity contribution in [3.8, 4) is 5.69 Å². The van der Waals surface area contributed by atoms with Crippen molar-refractivity contribution in [2.24, 2.45) is 0 Å². The molecule has 4 nitrogen and oxygen atoms in total. The minimum Gasteiger partial charge on any atom is -0.280 e. The van der Waals surface area contributed by atoms with Crippen molar-refractivity contribution in [3.63, 3.8) is 0 Å². The van der Waals surface area contributed by atoms with E-state index in [-0.39, 0.29) is 5.56 Å². The molecule has 0 atom stereocenters. The molecule has 0 aliphatic heterocycles. The summed E-state index contributed by atoms with van der Waals surface area (Å²) in [5.74, 6) is 0. The molecule has 0 saturated heterocycles. The lowest BCUT2D eigenvalue weighted by atomic mass is 10.3. The van der Waals surface area contributed by atoms with Gasteiger partial charge in [0.25, 0.3) is 5.56 Å². The van der Waals surface area contributed by atoms with Crippen LogP contribution >= 0.6 is 0 Å². The van der Waals surface area contributed by atoms with Gasteiger partial charge in [0.1, 0.15) is 0 Å². The molecular weight excluding hydrogens is 178 g/mol. The van der Waals surface area contributed by atoms with Gasteiger partial charge in [0, 0.05) is 18.1 Å². The Hall–Kier alpha value is -1.97. The normalized spacial score (nSPS) is 10.1. The highest BCUT2D eigenvalue weighted by Crippen LogP contribution is 2.02. The van der Waals surface area contributed by atoms with Gasteiger partial charge in [0.05, 0.1) is 18.1 Å². The number of rotatable bonds is 1. The fourth-order valence-corrected chi connectivity index (χ4v) is 1.16. The van der Waals surface area contributed by atoms with Gasteiger partial charge >= 0.3 is 0 Å². The van der Waals surface area contributed by atoms with Crippen LogP contribution in [-0.4, -0.2) is 14.5 Å². The van der Waals surface area contributed by atoms with Crippen LogP contribution in [0.2, 0.25) is 0 Å². The highest BCUT2D eigenvalue weighted by atomic mass is 16.1. The van der Waals surface area contributed by atoms with E-state index in [1.54, 1.807) is 18.6 Å². The second kappa shape index (κ2) is 3.41. The third-order valence-electron chi connectivity index (χ3n) is 1.90. The molecule has 0 amide bonds. The van der Waals surface area contributed by atoms with E-state index in [9.17, 15) is 4.79 Å². The van der Waals surface area contributed by atoms with Crippen LogP contribution in [0.25, 0.3) is 5.69 Å². The zero-order valence-electron chi connectivity index (χ0n) is 7.71. The van der Waals surface area contributed by atoms with Gasteiger partial charge in [-0.3, -0.25) is 19.3 Å². The van der Waals surface area contributed by atoms with E-state index in [0.717, 1.165) is 11.4 Å². The lowest BCUT2D eigenvalue weighted by molar-refractivity contribution is 0.943. The summed E-state index contributed by atoms with van der Waals surface area (Å²) >= 11 is 0. The zero-order valence-corrected chi connectivity index (χ0v) is 7.71. The zero-order chi connectivity index (χ0) is 9.97. The Morgan fingerprint density at radius 1 is 1.29 bits per heavy atom. The first-order chi connectivity index (χ1) is 6.77. The predicted octanol–water partition coefficient (Wildman–Crippen LogP) is 0.936. The summed E-state index contributed by atoms with van der Waals surface area (Å²) in [6.07, 6.45) is 6.13. The number of hydrogen-bond donors (Lipinski definition) is 0. The lowest BCUT2D eigenvalue weighted by Crippen LogP contribution is -2.16. The van der Waals surface area contributed by atoms with Gasteiger partial charge in [0.15, 0.2) is 0 Å². The third kappa shape index (κ3) is 1.54. The van der Waals surface area contributed by atoms with Crippen LogP contribution in [0.4, 0.5) is 0 Å². The molecule has 0 fully saturated rings. The van der Waals surface area contributed by atoms with E-state index < -0.39 is 0 Å². The van der Waals surface area contributed by atoms with Gasteiger partial charge in [0.2, 0.25) is 0 Å². The molecule has 0 bridgehead atoms. The molecule has 2 aromatic heterocycles. The Labute approximate surface area is 80.9 Å². The molecule has 0 aliphatic carbocycles. The minimum atomic E-state index is -0.154. The molecule has 2 heterocycles. The molecule has 70 valence electrons. The topological polar surface area (TPSA) is 47.8 Å². The van der Waals surface area contributed by atoms with Gasteiger partial charge in [-0.05, 0) is 19.1 Å². The SMILES string of the molecule is Cc1ccc(-n2ccncc2=O)cn1. The van der Waals surface area contributed by atoms with E-state index in [4.69, 9.17) is 0 Å². The van der Waals surface area contributed by atoms with E-state index >= 15 is 0 Å². The maximum absolute atomic E-state index is 11.4. The van der Waals surface area contributed by atoms with Crippen LogP contribution in [0.15, 0.2) is 41.7 Å². The van der Waals surface area contributed by atoms with Gasteiger partial charge in [-0.2, -0.15) is 0 Å². The van der Waals surface area contributed by atoms with Crippen molar-refractivity contribution >= 4 is 0 Å². The Morgan fingerprint density at radius 3 is 2.79 bits per heavy atom. The van der Waals surface area contributed by atoms with Gasteiger partial charge in [-0.1, -0.05) is 0 Å². The van der Waals surface area contributed by atoms with Crippen LogP contribution in [0.5, 0.6) is 0 Å². The fourth-order valence-electron chi connectivity index (χ4n) is 1.16. The average molecular weight is 187 g/mol. The van der Waals surface area contributed by atoms with Crippen molar-refractivity contribution in [2.45, 2.75) is 6.92 Å². The van der Waals surface area contributed by atoms with Crippen molar-refractivity contribution in [1.29, 1.82) is 0 Å². The number of pyridine rings is 1. The molecule has 0 unspecified atom stereocenters. The molecule has 0 saturated carbocycles. The first kappa shape index (κ1) is 8.62. The third-order valence-corrected chi connectivity index (χ3v) is 1.90. The second-order valence-electron chi connectivity index (χ2n) is 2.94. The highest BCUT2D eigenvalue weighted by Gasteiger charge is 1.97. The molecule has 14 heavy (non-hydrogen) atoms. The molecule has 2 aromatic rings. The maximum atomic E-state index is 11.4. The summed E-state index contributed by atoms with van der Waals surface area (Å²) < 4.78 is 1.50. The molecule has 0 aliphatic rings. The molecule has 0 radical (unpaired) electrons. The summed E-state index contributed by atoms with van der Waals surface area (Å²) in [6.45, 7) is 1.90. The Bertz CT molecular complexity index is 487. The molecule has 2 rings (SSSR count). The number of aryl methyl sites for hydroxylation is 1. The van der Waals surface area contributed by atoms with Crippen molar-refractivity contribution in [1.82, 2.24) is 14.5 Å². The quantitative estimate of drug-likeness (QED) is 0.667. The minimum absolute atomic E-state index is 0.154. The van der Waals surface area contributed by atoms with Crippen molar-refractivity contribution < 1.29 is 0 Å². The van der Waals surface area contributed by atoms with E-state index in [2.05, 4.69) is 9.97 Å². The van der Waals surface area contributed by atoms with Crippen molar-refractivity contribution in [3.05, 3.63) is 53.0 Å². The standard InChI is InChI=1S/C10H9N3O/c1-8-2-3-9(6-12-8)13-5-4-11-7-10(13)14/h2-7H,1H3. The van der Waals surface area contributed by atoms with Crippen LogP contribution in [-0.2, 0) is 0 Å². The van der Waals surface area contributed by atoms with Crippen LogP contribution in [0.3, 0.4) is 0 Å². The number of aromatic nitrogens is 3. The Kier molecular flexibility index (Phi) is 2.10. The highest BCUT2D eigenvalue weighted by molar-refractivity contribution is 5.29. The second-order valence-corrected chi connectivity index (χ2v) is 2.94. The molecule has 0 spiro atoms. The monoisotopic (exact) mass is 187 g/mol. The molecule has 0 N–H and O–H groups in total. The van der Waals surface area contributed by atoms with Gasteiger partial charge in [-0.15, -0.1) is 0 Å². The largest absolute Gasteiger partial charge is 0.280 e. The first-order valence-corrected chi connectivity index (χ1v) is 4.23. The van der Waals surface area contributed by atoms with Gasteiger partial charge in [-0.25, -0.2) is 0 Å². The first-order valence-electron chi connectivity index (χ1n) is 4.23. The predicted molar refractivity (Wildman–Crippen MR) is 52.4 cm³/mol. The lowest BCUT2D eigenvalue weighted by Gasteiger charge is -2.03. The summed E-state index contributed by atoms with van der Waals surface area (Å²) in [6, 6.07) is 3.71. The van der Waals surface area contributed by atoms with E-state index in [1.165, 1.54) is 10.8 Å². The summed E-state index contributed by atoms with van der Waals surface area (Å²) in [5, 5.41) is 0. The van der Waals surface area contributed by atoms with Crippen LogP contribution < -0.4 is 5.56 Å². The Morgan fingerprint density at radius 2 is 2.14 bits per heavy atom. The summed E-state index contributed by atoms with van der Waals surface area (Å²) in [5.41, 5.74) is 1.53. The average Bonchev–Trinajstić information content (AvgIpc) is 2.20. The maximum Gasteiger partial charge on any atom is 0.273 e. The molecular formula is C10H9N3O. The van der Waals surface area contributed by atoms with Crippen LogP contribution in [0.1, 0.15) is 5.69 Å². The summed E-state index contributed by atoms with van der Waals surface area (Å²) in [7, 11) is 0. The van der Waals surface area contributed by atoms with Crippen molar-refractivity contribution in [2.75, 3.05) is 0 Å². The summed E-state index contributed by atoms with van der Waals surface area (Å²) in [4.78, 5) is 19.2. The smallest absolute Gasteiger partial charge is 0.273 e. The molecule has 0 aromatic carbocycles. The molecule has 4 heteroatoms. The van der Waals surface area contributed by atoms with E-state index in [0.29, 0.717) is 0 Å². The number of hydrogen-bond acceptors (Lipinski definition) is 3. The van der Waals surface area contributed by atoms with Crippen LogP contribution in [0, 0.1) is 6.92 Å². The fraction of sp³-hybridized carbons (Fsp3) is 0.100. The van der Waals surface area contributed by atoms with Gasteiger partial charge < -0.3 is 0 Å².